The van der Waals surface area contributed by atoms with Crippen LogP contribution in [0.3, 0.4) is 0 Å². The van der Waals surface area contributed by atoms with Gasteiger partial charge in [-0.05, 0) is 41.4 Å². The lowest BCUT2D eigenvalue weighted by molar-refractivity contribution is 0.645. The van der Waals surface area contributed by atoms with Crippen LogP contribution in [0.2, 0.25) is 5.15 Å². The zero-order valence-corrected chi connectivity index (χ0v) is 9.40. The first kappa shape index (κ1) is 9.44. The molecule has 1 saturated heterocycles. The fourth-order valence-electron chi connectivity index (χ4n) is 1.63. The number of halogens is 2. The molecule has 1 aromatic heterocycles. The maximum atomic E-state index is 6.00. The number of hydrogen-bond donors (Lipinski definition) is 1. The van der Waals surface area contributed by atoms with Gasteiger partial charge in [0.15, 0.2) is 0 Å². The Kier molecular flexibility index (Phi) is 2.86. The van der Waals surface area contributed by atoms with E-state index in [0.29, 0.717) is 11.2 Å². The summed E-state index contributed by atoms with van der Waals surface area (Å²) in [5, 5.41) is 4.01. The summed E-state index contributed by atoms with van der Waals surface area (Å²) in [5.74, 6) is 0. The van der Waals surface area contributed by atoms with E-state index >= 15 is 0 Å². The van der Waals surface area contributed by atoms with Gasteiger partial charge in [-0.3, -0.25) is 0 Å². The third-order valence-corrected chi connectivity index (χ3v) is 3.02. The second-order valence-corrected chi connectivity index (χ2v) is 4.46. The molecule has 2 nitrogen and oxygen atoms in total. The maximum Gasteiger partial charge on any atom is 0.133 e. The monoisotopic (exact) mass is 260 g/mol. The predicted molar refractivity (Wildman–Crippen MR) is 56.9 cm³/mol. The second-order valence-electron chi connectivity index (χ2n) is 3.18. The fourth-order valence-corrected chi connectivity index (χ4v) is 2.22. The van der Waals surface area contributed by atoms with E-state index in [1.807, 2.05) is 6.07 Å². The Hall–Kier alpha value is -0.120. The van der Waals surface area contributed by atoms with Crippen molar-refractivity contribution in [1.82, 2.24) is 10.3 Å². The summed E-state index contributed by atoms with van der Waals surface area (Å²) in [7, 11) is 0. The van der Waals surface area contributed by atoms with Crippen LogP contribution in [0.15, 0.2) is 16.7 Å². The quantitative estimate of drug-likeness (QED) is 0.786. The molecule has 0 amide bonds. The molecule has 0 bridgehead atoms. The second kappa shape index (κ2) is 3.95. The van der Waals surface area contributed by atoms with Crippen LogP contribution < -0.4 is 5.32 Å². The van der Waals surface area contributed by atoms with Gasteiger partial charge in [-0.15, -0.1) is 0 Å². The van der Waals surface area contributed by atoms with Crippen molar-refractivity contribution in [2.45, 2.75) is 18.9 Å². The van der Waals surface area contributed by atoms with Crippen LogP contribution in [0.4, 0.5) is 0 Å². The molecule has 13 heavy (non-hydrogen) atoms. The highest BCUT2D eigenvalue weighted by molar-refractivity contribution is 9.10. The van der Waals surface area contributed by atoms with E-state index in [1.54, 1.807) is 6.20 Å². The van der Waals surface area contributed by atoms with E-state index in [4.69, 9.17) is 11.6 Å². The summed E-state index contributed by atoms with van der Waals surface area (Å²) in [6, 6.07) is 2.43. The molecule has 1 N–H and O–H groups in total. The Morgan fingerprint density at radius 1 is 1.62 bits per heavy atom. The smallest absolute Gasteiger partial charge is 0.133 e. The lowest BCUT2D eigenvalue weighted by Crippen LogP contribution is -2.13. The normalized spacial score (nSPS) is 22.2. The van der Waals surface area contributed by atoms with Crippen molar-refractivity contribution >= 4 is 27.5 Å². The van der Waals surface area contributed by atoms with Crippen molar-refractivity contribution in [3.63, 3.8) is 0 Å². The number of hydrogen-bond acceptors (Lipinski definition) is 2. The molecular formula is C9H10BrClN2. The maximum absolute atomic E-state index is 6.00. The highest BCUT2D eigenvalue weighted by atomic mass is 79.9. The number of nitrogens with zero attached hydrogens (tertiary/aromatic N) is 1. The van der Waals surface area contributed by atoms with Crippen LogP contribution in [-0.4, -0.2) is 11.5 Å². The van der Waals surface area contributed by atoms with Gasteiger partial charge in [0, 0.05) is 22.3 Å². The molecule has 0 saturated carbocycles. The third kappa shape index (κ3) is 2.03. The molecule has 1 aliphatic heterocycles. The van der Waals surface area contributed by atoms with Crippen molar-refractivity contribution in [3.05, 3.63) is 27.5 Å². The average molecular weight is 262 g/mol. The van der Waals surface area contributed by atoms with Gasteiger partial charge in [0.2, 0.25) is 0 Å². The molecule has 0 aromatic carbocycles. The van der Waals surface area contributed by atoms with Crippen LogP contribution in [0.1, 0.15) is 24.4 Å². The van der Waals surface area contributed by atoms with E-state index in [-0.39, 0.29) is 0 Å². The van der Waals surface area contributed by atoms with Crippen LogP contribution in [0.25, 0.3) is 0 Å². The molecule has 2 heterocycles. The number of rotatable bonds is 1. The minimum Gasteiger partial charge on any atom is -0.310 e. The molecule has 0 spiro atoms. The molecule has 1 aromatic rings. The number of aromatic nitrogens is 1. The molecular weight excluding hydrogens is 251 g/mol. The number of nitrogens with one attached hydrogen (secondary N) is 1. The largest absolute Gasteiger partial charge is 0.310 e. The van der Waals surface area contributed by atoms with Crippen molar-refractivity contribution in [3.8, 4) is 0 Å². The van der Waals surface area contributed by atoms with Crippen LogP contribution >= 0.6 is 27.5 Å². The lowest BCUT2D eigenvalue weighted by Gasteiger charge is -2.11. The summed E-state index contributed by atoms with van der Waals surface area (Å²) in [6.07, 6.45) is 4.09. The zero-order chi connectivity index (χ0) is 9.26. The third-order valence-electron chi connectivity index (χ3n) is 2.27. The molecule has 4 heteroatoms. The van der Waals surface area contributed by atoms with Crippen LogP contribution in [0.5, 0.6) is 0 Å². The van der Waals surface area contributed by atoms with Gasteiger partial charge in [0.05, 0.1) is 0 Å². The highest BCUT2D eigenvalue weighted by Gasteiger charge is 2.19. The Morgan fingerprint density at radius 2 is 2.46 bits per heavy atom. The zero-order valence-electron chi connectivity index (χ0n) is 7.06. The van der Waals surface area contributed by atoms with Crippen LogP contribution in [0, 0.1) is 0 Å². The molecule has 1 atom stereocenters. The average Bonchev–Trinajstić information content (AvgIpc) is 2.61. The van der Waals surface area contributed by atoms with Gasteiger partial charge in [0.1, 0.15) is 5.15 Å². The molecule has 1 aliphatic rings. The topological polar surface area (TPSA) is 24.9 Å². The first-order valence-corrected chi connectivity index (χ1v) is 5.49. The summed E-state index contributed by atoms with van der Waals surface area (Å²) in [4.78, 5) is 4.10. The Labute approximate surface area is 90.8 Å². The molecule has 1 fully saturated rings. The molecule has 70 valence electrons. The first-order chi connectivity index (χ1) is 6.27. The van der Waals surface area contributed by atoms with Crippen molar-refractivity contribution in [1.29, 1.82) is 0 Å². The van der Waals surface area contributed by atoms with Crippen molar-refractivity contribution in [2.24, 2.45) is 0 Å². The summed E-state index contributed by atoms with van der Waals surface area (Å²) < 4.78 is 0.987. The van der Waals surface area contributed by atoms with Gasteiger partial charge in [0.25, 0.3) is 0 Å². The standard InChI is InChI=1S/C9H10BrClN2/c10-6-4-7(9(11)13-5-6)8-2-1-3-12-8/h4-5,8,12H,1-3H2/t8-/m0/s1. The summed E-state index contributed by atoms with van der Waals surface area (Å²) in [5.41, 5.74) is 1.11. The van der Waals surface area contributed by atoms with Crippen molar-refractivity contribution < 1.29 is 0 Å². The van der Waals surface area contributed by atoms with Crippen LogP contribution in [-0.2, 0) is 0 Å². The first-order valence-electron chi connectivity index (χ1n) is 4.31. The number of pyridine rings is 1. The lowest BCUT2D eigenvalue weighted by atomic mass is 10.1. The Balaban J connectivity index is 2.32. The molecule has 0 unspecified atom stereocenters. The van der Waals surface area contributed by atoms with E-state index in [0.717, 1.165) is 23.0 Å². The van der Waals surface area contributed by atoms with Gasteiger partial charge < -0.3 is 5.32 Å². The Bertz CT molecular complexity index is 310. The molecule has 0 radical (unpaired) electrons. The minimum atomic E-state index is 0.387. The minimum absolute atomic E-state index is 0.387. The SMILES string of the molecule is Clc1ncc(Br)cc1[C@@H]1CCCN1. The van der Waals surface area contributed by atoms with E-state index in [9.17, 15) is 0 Å². The van der Waals surface area contributed by atoms with Crippen molar-refractivity contribution in [2.75, 3.05) is 6.54 Å². The van der Waals surface area contributed by atoms with Gasteiger partial charge in [-0.2, -0.15) is 0 Å². The predicted octanol–water partition coefficient (Wildman–Crippen LogP) is 2.92. The highest BCUT2D eigenvalue weighted by Crippen LogP contribution is 2.29. The summed E-state index contributed by atoms with van der Waals surface area (Å²) in [6.45, 7) is 1.08. The summed E-state index contributed by atoms with van der Waals surface area (Å²) >= 11 is 9.40. The van der Waals surface area contributed by atoms with Gasteiger partial charge in [-0.25, -0.2) is 4.98 Å². The molecule has 2 rings (SSSR count). The van der Waals surface area contributed by atoms with Gasteiger partial charge >= 0.3 is 0 Å². The fraction of sp³-hybridized carbons (Fsp3) is 0.444. The molecule has 0 aliphatic carbocycles. The Morgan fingerprint density at radius 3 is 3.15 bits per heavy atom. The van der Waals surface area contributed by atoms with Gasteiger partial charge in [-0.1, -0.05) is 11.6 Å². The van der Waals surface area contributed by atoms with E-state index in [1.165, 1.54) is 6.42 Å². The van der Waals surface area contributed by atoms with E-state index in [2.05, 4.69) is 26.2 Å². The van der Waals surface area contributed by atoms with E-state index < -0.39 is 0 Å².